The molecule has 4 aromatic rings. The van der Waals surface area contributed by atoms with E-state index in [0.717, 1.165) is 138 Å². The Morgan fingerprint density at radius 1 is 0.562 bits per heavy atom. The van der Waals surface area contributed by atoms with Gasteiger partial charge in [-0.25, -0.2) is 18.7 Å². The van der Waals surface area contributed by atoms with Gasteiger partial charge in [-0.3, -0.25) is 9.59 Å². The van der Waals surface area contributed by atoms with Gasteiger partial charge < -0.3 is 63.8 Å². The van der Waals surface area contributed by atoms with Gasteiger partial charge in [0.1, 0.15) is 24.8 Å². The zero-order valence-electron chi connectivity index (χ0n) is 52.1. The number of hydrogen-bond acceptors (Lipinski definition) is 18. The number of aryl methyl sites for hydroxylation is 4. The van der Waals surface area contributed by atoms with Crippen molar-refractivity contribution in [2.45, 2.75) is 127 Å². The number of methoxy groups -OCH3 is 1. The van der Waals surface area contributed by atoms with Crippen molar-refractivity contribution in [3.63, 3.8) is 0 Å². The first-order valence-corrected chi connectivity index (χ1v) is 30.7. The molecular weight excluding hydrogens is 1150 g/mol. The third kappa shape index (κ3) is 32.8. The average molecular weight is 1240 g/mol. The first kappa shape index (κ1) is 76.9. The minimum atomic E-state index is -0.892. The second-order valence-corrected chi connectivity index (χ2v) is 21.0. The smallest absolute Gasteiger partial charge is 0.870 e. The number of carboxylic acid groups (broad SMARTS) is 1. The summed E-state index contributed by atoms with van der Waals surface area (Å²) < 4.78 is 77.8. The summed E-state index contributed by atoms with van der Waals surface area (Å²) in [6, 6.07) is 18.2. The number of nitrogens with zero attached hydrogens (tertiary/aromatic N) is 8. The molecule has 0 fully saturated rings. The second kappa shape index (κ2) is 48.5. The molecule has 0 amide bonds. The van der Waals surface area contributed by atoms with E-state index in [1.165, 1.54) is 30.4 Å². The minimum absolute atomic E-state index is 0. The molecule has 0 saturated heterocycles. The van der Waals surface area contributed by atoms with Crippen molar-refractivity contribution in [1.82, 2.24) is 9.97 Å². The van der Waals surface area contributed by atoms with Gasteiger partial charge in [-0.1, -0.05) is 73.0 Å². The number of esters is 1. The van der Waals surface area contributed by atoms with Gasteiger partial charge in [-0.15, -0.1) is 0 Å². The SMILES string of the molecule is COC(=O)C[C@H](CCCCCCc1ccc2c(n1)NCCC2)c1ccc(OCCOCCOCCOCCN=[N+]=[N-])c(F)c1.[Li+].[N-]=[N+]=NCCOCCOCCOCCOc1ccc([C@@H](CCCCCCc2ccc3c(n2)NCCC3)CC(=O)O)cc1F.[OH-]. The number of carbonyl (C=O) groups is 2. The van der Waals surface area contributed by atoms with Gasteiger partial charge in [0.15, 0.2) is 23.1 Å². The molecule has 2 atom stereocenters. The van der Waals surface area contributed by atoms with E-state index >= 15 is 0 Å². The Bertz CT molecular complexity index is 2710. The Hall–Kier alpha value is -6.32. The van der Waals surface area contributed by atoms with Crippen molar-refractivity contribution in [2.75, 3.05) is 136 Å². The molecule has 0 aliphatic carbocycles. The molecule has 0 saturated carbocycles. The fourth-order valence-electron chi connectivity index (χ4n) is 9.97. The normalized spacial score (nSPS) is 12.7. The largest absolute Gasteiger partial charge is 1.00 e. The monoisotopic (exact) mass is 1240 g/mol. The van der Waals surface area contributed by atoms with E-state index in [9.17, 15) is 23.5 Å². The summed E-state index contributed by atoms with van der Waals surface area (Å²) in [6.45, 7) is 7.36. The van der Waals surface area contributed by atoms with Crippen LogP contribution in [-0.2, 0) is 68.4 Å². The van der Waals surface area contributed by atoms with Crippen LogP contribution in [0.15, 0.2) is 70.9 Å². The molecule has 4 heterocycles. The second-order valence-electron chi connectivity index (χ2n) is 21.0. The number of nitrogens with one attached hydrogen (secondary N) is 2. The number of benzene rings is 2. The number of carbonyl (C=O) groups excluding carboxylic acids is 1. The molecule has 6 rings (SSSR count). The van der Waals surface area contributed by atoms with Crippen LogP contribution in [0.5, 0.6) is 11.5 Å². The van der Waals surface area contributed by atoms with E-state index in [0.29, 0.717) is 91.1 Å². The molecule has 0 unspecified atom stereocenters. The van der Waals surface area contributed by atoms with E-state index in [1.807, 2.05) is 6.07 Å². The molecule has 4 N–H and O–H groups in total. The number of halogens is 2. The predicted octanol–water partition coefficient (Wildman–Crippen LogP) is 9.05. The Kier molecular flexibility index (Phi) is 41.9. The molecule has 26 heteroatoms. The number of unbranched alkanes of at least 4 members (excludes halogenated alkanes) is 6. The average Bonchev–Trinajstić information content (AvgIpc) is 3.65. The van der Waals surface area contributed by atoms with Gasteiger partial charge >= 0.3 is 30.8 Å². The fourth-order valence-corrected chi connectivity index (χ4v) is 9.97. The minimum Gasteiger partial charge on any atom is -0.870 e. The number of anilines is 2. The molecule has 0 radical (unpaired) electrons. The number of aliphatic carboxylic acids is 1. The van der Waals surface area contributed by atoms with Crippen molar-refractivity contribution in [3.8, 4) is 11.5 Å². The number of rotatable bonds is 46. The fraction of sp³-hybridized carbons (Fsp3) is 0.619. The van der Waals surface area contributed by atoms with E-state index < -0.39 is 17.6 Å². The molecule has 0 spiro atoms. The van der Waals surface area contributed by atoms with Crippen molar-refractivity contribution in [1.29, 1.82) is 0 Å². The van der Waals surface area contributed by atoms with Crippen LogP contribution >= 0.6 is 0 Å². The summed E-state index contributed by atoms with van der Waals surface area (Å²) in [5.74, 6) is -0.226. The summed E-state index contributed by atoms with van der Waals surface area (Å²) in [7, 11) is 1.38. The van der Waals surface area contributed by atoms with Crippen LogP contribution in [0.3, 0.4) is 0 Å². The van der Waals surface area contributed by atoms with Gasteiger partial charge in [0.05, 0.1) is 99.2 Å². The Morgan fingerprint density at radius 2 is 0.955 bits per heavy atom. The Balaban J connectivity index is 0.000000455. The molecular formula is C63H91F2LiN10O13. The summed E-state index contributed by atoms with van der Waals surface area (Å²) in [5, 5.41) is 22.9. The van der Waals surface area contributed by atoms with Crippen molar-refractivity contribution >= 4 is 23.6 Å². The van der Waals surface area contributed by atoms with Gasteiger partial charge in [-0.05, 0) is 146 Å². The third-order valence-corrected chi connectivity index (χ3v) is 14.5. The molecule has 2 aromatic carbocycles. The van der Waals surface area contributed by atoms with Gasteiger partial charge in [0.25, 0.3) is 0 Å². The van der Waals surface area contributed by atoms with Crippen molar-refractivity contribution in [2.24, 2.45) is 10.2 Å². The van der Waals surface area contributed by atoms with Crippen LogP contribution in [-0.4, -0.2) is 158 Å². The zero-order valence-corrected chi connectivity index (χ0v) is 52.1. The standard InChI is InChI=1S/C32H46FN5O6.C31H44FN5O6.Li.H2O/c1-40-31(39)24-26(7-4-2-3-5-9-28-12-10-25-8-6-14-35-32(25)37-28)27-11-13-30(29(33)23-27)44-22-21-43-20-19-42-18-17-41-16-15-36-38-34;32-28-22-26(10-12-29(28)43-21-20-42-19-18-41-17-16-40-15-14-35-37-33)25(23-30(38)39)6-3-1-2-4-8-27-11-9-24-7-5-13-34-31(24)36-27;;/h10-13,23,26H,2-9,14-22,24H2,1H3,(H,35,37);9-12,22,25H,1-8,13-21,23H2,(H,34,36)(H,38,39);;1H2/q;;+1;/p-1/t26-;25-;;/m00../s1. The Morgan fingerprint density at radius 3 is 1.35 bits per heavy atom. The van der Waals surface area contributed by atoms with E-state index in [4.69, 9.17) is 63.7 Å². The number of fused-ring (bicyclic) bond motifs is 2. The summed E-state index contributed by atoms with van der Waals surface area (Å²) >= 11 is 0. The van der Waals surface area contributed by atoms with Crippen LogP contribution in [0.2, 0.25) is 0 Å². The van der Waals surface area contributed by atoms with Gasteiger partial charge in [0, 0.05) is 47.4 Å². The zero-order chi connectivity index (χ0) is 61.8. The number of hydrogen-bond donors (Lipinski definition) is 3. The summed E-state index contributed by atoms with van der Waals surface area (Å²) in [4.78, 5) is 38.4. The number of azide groups is 2. The number of ether oxygens (including phenoxy) is 9. The van der Waals surface area contributed by atoms with Crippen molar-refractivity contribution in [3.05, 3.63) is 127 Å². The molecule has 23 nitrogen and oxygen atoms in total. The van der Waals surface area contributed by atoms with E-state index in [2.05, 4.69) is 55.0 Å². The quantitative estimate of drug-likeness (QED) is 0.00927. The summed E-state index contributed by atoms with van der Waals surface area (Å²) in [5.41, 5.74) is 22.6. The Labute approximate surface area is 534 Å². The van der Waals surface area contributed by atoms with E-state index in [-0.39, 0.29) is 92.9 Å². The number of pyridine rings is 2. The molecule has 0 bridgehead atoms. The van der Waals surface area contributed by atoms with Gasteiger partial charge in [-0.2, -0.15) is 0 Å². The maximum atomic E-state index is 14.9. The van der Waals surface area contributed by atoms with Crippen molar-refractivity contribution < 1.29 is 90.4 Å². The van der Waals surface area contributed by atoms with Crippen LogP contribution in [0.4, 0.5) is 20.4 Å². The molecule has 89 heavy (non-hydrogen) atoms. The van der Waals surface area contributed by atoms with E-state index in [1.54, 1.807) is 18.2 Å². The number of carboxylic acids is 1. The molecule has 2 aliphatic heterocycles. The van der Waals surface area contributed by atoms with Crippen LogP contribution in [0.25, 0.3) is 20.9 Å². The predicted molar refractivity (Wildman–Crippen MR) is 329 cm³/mol. The first-order valence-electron chi connectivity index (χ1n) is 30.7. The van der Waals surface area contributed by atoms with Gasteiger partial charge in [0.2, 0.25) is 0 Å². The number of aromatic nitrogens is 2. The molecule has 486 valence electrons. The topological polar surface area (TPSA) is 315 Å². The van der Waals surface area contributed by atoms with Crippen LogP contribution in [0, 0.1) is 11.6 Å². The maximum absolute atomic E-state index is 14.9. The van der Waals surface area contributed by atoms with Crippen LogP contribution in [0.1, 0.15) is 135 Å². The summed E-state index contributed by atoms with van der Waals surface area (Å²) in [6.07, 6.45) is 16.0. The third-order valence-electron chi connectivity index (χ3n) is 14.5. The molecule has 2 aromatic heterocycles. The van der Waals surface area contributed by atoms with Crippen LogP contribution < -0.4 is 39.0 Å². The molecule has 2 aliphatic rings. The maximum Gasteiger partial charge on any atom is 1.00 e. The first-order chi connectivity index (χ1) is 42.7.